The average Bonchev–Trinajstić information content (AvgIpc) is 3.11. The standard InChI is InChI=1S/C22H27BrF4N3O8P/c1-12(2)36-18(32)13(3)29-39(34,38-14-7-5-4-6-8-14)35-11-21(19(24)25)22(26,27)9-16(37-21)30-10-15(23)17(31)28-20(30)33/h4-8,12-13,15-16,19H,9-11H2,1-3H3,(H,29,34)(H,28,31,33)/t13-,15?,16+,21-,39?/m0/s1. The Morgan fingerprint density at radius 1 is 1.26 bits per heavy atom. The molecule has 2 fully saturated rings. The quantitative estimate of drug-likeness (QED) is 0.159. The van der Waals surface area contributed by atoms with Crippen molar-refractivity contribution in [2.75, 3.05) is 13.2 Å². The second-order valence-corrected chi connectivity index (χ2v) is 11.9. The van der Waals surface area contributed by atoms with E-state index < -0.39 is 86.4 Å². The van der Waals surface area contributed by atoms with Crippen molar-refractivity contribution in [3.63, 3.8) is 0 Å². The van der Waals surface area contributed by atoms with Crippen molar-refractivity contribution in [3.05, 3.63) is 30.3 Å². The van der Waals surface area contributed by atoms with E-state index in [1.165, 1.54) is 31.2 Å². The van der Waals surface area contributed by atoms with E-state index in [1.807, 2.05) is 5.32 Å². The molecule has 2 N–H and O–H groups in total. The summed E-state index contributed by atoms with van der Waals surface area (Å²) in [5, 5.41) is 4.13. The minimum absolute atomic E-state index is 0.0844. The summed E-state index contributed by atoms with van der Waals surface area (Å²) >= 11 is 2.97. The molecule has 0 radical (unpaired) electrons. The maximum Gasteiger partial charge on any atom is 0.459 e. The lowest BCUT2D eigenvalue weighted by Crippen LogP contribution is -2.59. The first-order valence-electron chi connectivity index (χ1n) is 11.7. The Labute approximate surface area is 229 Å². The van der Waals surface area contributed by atoms with E-state index in [9.17, 15) is 27.7 Å². The highest BCUT2D eigenvalue weighted by atomic mass is 79.9. The molecule has 0 saturated carbocycles. The van der Waals surface area contributed by atoms with Crippen LogP contribution < -0.4 is 14.9 Å². The van der Waals surface area contributed by atoms with Crippen molar-refractivity contribution >= 4 is 41.6 Å². The number of ether oxygens (including phenoxy) is 2. The second kappa shape index (κ2) is 12.1. The fraction of sp³-hybridized carbons (Fsp3) is 0.591. The second-order valence-electron chi connectivity index (χ2n) is 9.10. The summed E-state index contributed by atoms with van der Waals surface area (Å²) in [5.74, 6) is -6.01. The predicted octanol–water partition coefficient (Wildman–Crippen LogP) is 3.82. The molecule has 39 heavy (non-hydrogen) atoms. The lowest BCUT2D eigenvalue weighted by atomic mass is 9.97. The zero-order valence-electron chi connectivity index (χ0n) is 20.9. The minimum atomic E-state index is -4.81. The van der Waals surface area contributed by atoms with Crippen LogP contribution in [0.4, 0.5) is 22.4 Å². The van der Waals surface area contributed by atoms with E-state index in [4.69, 9.17) is 18.5 Å². The molecule has 2 heterocycles. The first kappa shape index (κ1) is 31.3. The predicted molar refractivity (Wildman–Crippen MR) is 131 cm³/mol. The van der Waals surface area contributed by atoms with E-state index in [-0.39, 0.29) is 5.75 Å². The van der Waals surface area contributed by atoms with Gasteiger partial charge in [-0.05, 0) is 32.9 Å². The molecule has 1 aromatic rings. The number of halogens is 5. The summed E-state index contributed by atoms with van der Waals surface area (Å²) in [6, 6.07) is 4.76. The first-order chi connectivity index (χ1) is 18.1. The van der Waals surface area contributed by atoms with Gasteiger partial charge >= 0.3 is 19.7 Å². The average molecular weight is 648 g/mol. The van der Waals surface area contributed by atoms with Gasteiger partial charge in [-0.15, -0.1) is 0 Å². The third-order valence-corrected chi connectivity index (χ3v) is 8.03. The Kier molecular flexibility index (Phi) is 9.69. The summed E-state index contributed by atoms with van der Waals surface area (Å²) in [5.41, 5.74) is -3.67. The van der Waals surface area contributed by atoms with Gasteiger partial charge in [-0.3, -0.25) is 24.3 Å². The Morgan fingerprint density at radius 2 is 1.90 bits per heavy atom. The summed E-state index contributed by atoms with van der Waals surface area (Å²) in [7, 11) is -4.81. The van der Waals surface area contributed by atoms with Crippen LogP contribution in [0.25, 0.3) is 0 Å². The third-order valence-electron chi connectivity index (χ3n) is 5.70. The van der Waals surface area contributed by atoms with Gasteiger partial charge in [-0.25, -0.2) is 26.9 Å². The number of nitrogens with zero attached hydrogens (tertiary/aromatic N) is 1. The van der Waals surface area contributed by atoms with Crippen LogP contribution in [-0.2, 0) is 28.2 Å². The van der Waals surface area contributed by atoms with Gasteiger partial charge in [0.1, 0.15) is 22.8 Å². The number of hydrogen-bond acceptors (Lipinski definition) is 8. The van der Waals surface area contributed by atoms with Crippen LogP contribution in [0, 0.1) is 0 Å². The summed E-state index contributed by atoms with van der Waals surface area (Å²) in [6.45, 7) is 2.24. The molecule has 17 heteroatoms. The van der Waals surface area contributed by atoms with Gasteiger partial charge in [0.25, 0.3) is 12.3 Å². The Bertz CT molecular complexity index is 1120. The van der Waals surface area contributed by atoms with E-state index in [1.54, 1.807) is 19.9 Å². The largest absolute Gasteiger partial charge is 0.462 e. The fourth-order valence-corrected chi connectivity index (χ4v) is 5.65. The highest BCUT2D eigenvalue weighted by Crippen LogP contribution is 2.53. The smallest absolute Gasteiger partial charge is 0.459 e. The van der Waals surface area contributed by atoms with Gasteiger partial charge in [0.2, 0.25) is 11.5 Å². The Morgan fingerprint density at radius 3 is 2.49 bits per heavy atom. The molecule has 0 bridgehead atoms. The number of amides is 3. The summed E-state index contributed by atoms with van der Waals surface area (Å²) < 4.78 is 93.2. The fourth-order valence-electron chi connectivity index (χ4n) is 3.71. The first-order valence-corrected chi connectivity index (χ1v) is 14.1. The highest BCUT2D eigenvalue weighted by molar-refractivity contribution is 9.10. The van der Waals surface area contributed by atoms with Crippen LogP contribution in [0.3, 0.4) is 0 Å². The monoisotopic (exact) mass is 647 g/mol. The number of rotatable bonds is 11. The molecule has 0 spiro atoms. The number of carbonyl (C=O) groups excluding carboxylic acids is 3. The van der Waals surface area contributed by atoms with Crippen LogP contribution in [0.2, 0.25) is 0 Å². The molecule has 218 valence electrons. The molecule has 1 aromatic carbocycles. The Hall–Kier alpha value is -2.26. The van der Waals surface area contributed by atoms with Crippen molar-refractivity contribution < 1.29 is 55.0 Å². The highest BCUT2D eigenvalue weighted by Gasteiger charge is 2.69. The van der Waals surface area contributed by atoms with Gasteiger partial charge < -0.3 is 14.0 Å². The molecule has 3 rings (SSSR count). The molecule has 2 saturated heterocycles. The molecule has 11 nitrogen and oxygen atoms in total. The van der Waals surface area contributed by atoms with Gasteiger partial charge in [-0.1, -0.05) is 34.1 Å². The zero-order valence-corrected chi connectivity index (χ0v) is 23.4. The van der Waals surface area contributed by atoms with Gasteiger partial charge in [0.15, 0.2) is 0 Å². The van der Waals surface area contributed by atoms with Crippen molar-refractivity contribution in [2.45, 2.75) is 68.3 Å². The maximum atomic E-state index is 15.2. The zero-order chi connectivity index (χ0) is 29.2. The van der Waals surface area contributed by atoms with Crippen LogP contribution in [0.15, 0.2) is 30.3 Å². The number of urea groups is 1. The van der Waals surface area contributed by atoms with E-state index in [0.29, 0.717) is 4.90 Å². The van der Waals surface area contributed by atoms with E-state index >= 15 is 8.78 Å². The lowest BCUT2D eigenvalue weighted by Gasteiger charge is -2.36. The molecule has 0 aromatic heterocycles. The van der Waals surface area contributed by atoms with Gasteiger partial charge in [0.05, 0.1) is 19.1 Å². The number of carbonyl (C=O) groups is 3. The number of para-hydroxylation sites is 1. The van der Waals surface area contributed by atoms with Crippen LogP contribution >= 0.6 is 23.7 Å². The SMILES string of the molecule is CC(C)OC(=O)[C@H](C)NP(=O)(OC[C@@]1(C(F)F)O[C@@H](N2CC(Br)C(=O)NC2=O)CC1(F)F)Oc1ccccc1. The summed E-state index contributed by atoms with van der Waals surface area (Å²) in [6.07, 6.45) is -7.69. The van der Waals surface area contributed by atoms with Gasteiger partial charge in [-0.2, -0.15) is 5.09 Å². The number of alkyl halides is 5. The molecule has 2 aliphatic rings. The van der Waals surface area contributed by atoms with Crippen molar-refractivity contribution in [1.82, 2.24) is 15.3 Å². The van der Waals surface area contributed by atoms with Crippen molar-refractivity contribution in [1.29, 1.82) is 0 Å². The molecule has 0 aliphatic carbocycles. The number of nitrogens with one attached hydrogen (secondary N) is 2. The van der Waals surface area contributed by atoms with E-state index in [0.717, 1.165) is 0 Å². The van der Waals surface area contributed by atoms with Crippen molar-refractivity contribution in [3.8, 4) is 5.75 Å². The van der Waals surface area contributed by atoms with Crippen LogP contribution in [0.1, 0.15) is 27.2 Å². The number of esters is 1. The molecule has 3 amide bonds. The molecule has 5 atom stereocenters. The maximum absolute atomic E-state index is 15.2. The van der Waals surface area contributed by atoms with Crippen LogP contribution in [-0.4, -0.2) is 77.1 Å². The minimum Gasteiger partial charge on any atom is -0.462 e. The molecular formula is C22H27BrF4N3O8P. The van der Waals surface area contributed by atoms with Gasteiger partial charge in [0, 0.05) is 6.54 Å². The lowest BCUT2D eigenvalue weighted by molar-refractivity contribution is -0.239. The number of hydrogen-bond donors (Lipinski definition) is 2. The normalized spacial score (nSPS) is 27.3. The number of benzene rings is 1. The van der Waals surface area contributed by atoms with Crippen LogP contribution in [0.5, 0.6) is 5.75 Å². The van der Waals surface area contributed by atoms with Crippen molar-refractivity contribution in [2.24, 2.45) is 0 Å². The third kappa shape index (κ3) is 7.09. The Balaban J connectivity index is 1.87. The molecular weight excluding hydrogens is 621 g/mol. The molecule has 2 unspecified atom stereocenters. The van der Waals surface area contributed by atoms with E-state index in [2.05, 4.69) is 21.0 Å². The summed E-state index contributed by atoms with van der Waals surface area (Å²) in [4.78, 5) is 35.8. The number of imide groups is 1. The molecule has 2 aliphatic heterocycles. The topological polar surface area (TPSA) is 132 Å².